The Labute approximate surface area is 151 Å². The third-order valence-electron chi connectivity index (χ3n) is 4.18. The van der Waals surface area contributed by atoms with Crippen molar-refractivity contribution in [2.45, 2.75) is 38.1 Å². The average molecular weight is 336 g/mol. The van der Waals surface area contributed by atoms with Crippen molar-refractivity contribution in [2.24, 2.45) is 0 Å². The molecule has 25 heavy (non-hydrogen) atoms. The molecule has 0 saturated heterocycles. The number of rotatable bonds is 6. The highest BCUT2D eigenvalue weighted by molar-refractivity contribution is 5.75. The lowest BCUT2D eigenvalue weighted by molar-refractivity contribution is 0.229. The standard InChI is InChI=1S/C22H28N2O/c1-5-16-22(18-12-8-6-9-13-18,19-14-10-7-11-15-19)17-23-20(25)24-21(2,3)4/h5-15H,1,16-17H2,2-4H3,(H2,23,24,25). The third-order valence-corrected chi connectivity index (χ3v) is 4.18. The summed E-state index contributed by atoms with van der Waals surface area (Å²) in [4.78, 5) is 12.3. The average Bonchev–Trinajstić information content (AvgIpc) is 2.59. The van der Waals surface area contributed by atoms with Gasteiger partial charge in [-0.15, -0.1) is 6.58 Å². The molecule has 0 heterocycles. The quantitative estimate of drug-likeness (QED) is 0.741. The second-order valence-electron chi connectivity index (χ2n) is 7.36. The highest BCUT2D eigenvalue weighted by Crippen LogP contribution is 2.35. The molecule has 132 valence electrons. The zero-order valence-electron chi connectivity index (χ0n) is 15.4. The maximum absolute atomic E-state index is 12.3. The number of carbonyl (C=O) groups is 1. The molecule has 2 aromatic rings. The number of hydrogen-bond acceptors (Lipinski definition) is 1. The van der Waals surface area contributed by atoms with Gasteiger partial charge < -0.3 is 10.6 Å². The molecule has 0 atom stereocenters. The van der Waals surface area contributed by atoms with E-state index in [0.717, 1.165) is 17.5 Å². The summed E-state index contributed by atoms with van der Waals surface area (Å²) in [6.45, 7) is 10.4. The van der Waals surface area contributed by atoms with E-state index in [0.29, 0.717) is 6.54 Å². The lowest BCUT2D eigenvalue weighted by Gasteiger charge is -2.35. The highest BCUT2D eigenvalue weighted by atomic mass is 16.2. The molecule has 2 aromatic carbocycles. The van der Waals surface area contributed by atoms with Gasteiger partial charge in [0.1, 0.15) is 0 Å². The summed E-state index contributed by atoms with van der Waals surface area (Å²) in [7, 11) is 0. The van der Waals surface area contributed by atoms with E-state index in [4.69, 9.17) is 0 Å². The van der Waals surface area contributed by atoms with Crippen molar-refractivity contribution in [3.8, 4) is 0 Å². The summed E-state index contributed by atoms with van der Waals surface area (Å²) >= 11 is 0. The molecule has 0 aliphatic carbocycles. The van der Waals surface area contributed by atoms with Crippen LogP contribution in [0.2, 0.25) is 0 Å². The fourth-order valence-corrected chi connectivity index (χ4v) is 3.06. The number of hydrogen-bond donors (Lipinski definition) is 2. The number of carbonyl (C=O) groups excluding carboxylic acids is 1. The van der Waals surface area contributed by atoms with Gasteiger partial charge in [0, 0.05) is 17.5 Å². The van der Waals surface area contributed by atoms with E-state index in [1.165, 1.54) is 0 Å². The Morgan fingerprint density at radius 1 is 0.960 bits per heavy atom. The van der Waals surface area contributed by atoms with Gasteiger partial charge in [0.15, 0.2) is 0 Å². The fraction of sp³-hybridized carbons (Fsp3) is 0.318. The van der Waals surface area contributed by atoms with Gasteiger partial charge >= 0.3 is 6.03 Å². The topological polar surface area (TPSA) is 41.1 Å². The van der Waals surface area contributed by atoms with Gasteiger partial charge in [0.25, 0.3) is 0 Å². The van der Waals surface area contributed by atoms with Crippen LogP contribution in [0.25, 0.3) is 0 Å². The molecule has 0 radical (unpaired) electrons. The highest BCUT2D eigenvalue weighted by Gasteiger charge is 2.33. The molecule has 0 fully saturated rings. The van der Waals surface area contributed by atoms with Crippen LogP contribution in [0.1, 0.15) is 38.3 Å². The van der Waals surface area contributed by atoms with E-state index in [2.05, 4.69) is 41.5 Å². The lowest BCUT2D eigenvalue weighted by Crippen LogP contribution is -2.50. The number of allylic oxidation sites excluding steroid dienone is 1. The lowest BCUT2D eigenvalue weighted by atomic mass is 9.72. The van der Waals surface area contributed by atoms with Gasteiger partial charge in [-0.2, -0.15) is 0 Å². The molecule has 2 N–H and O–H groups in total. The Hall–Kier alpha value is -2.55. The van der Waals surface area contributed by atoms with Crippen LogP contribution in [0.3, 0.4) is 0 Å². The minimum absolute atomic E-state index is 0.159. The number of benzene rings is 2. The predicted molar refractivity (Wildman–Crippen MR) is 105 cm³/mol. The second-order valence-corrected chi connectivity index (χ2v) is 7.36. The van der Waals surface area contributed by atoms with Crippen molar-refractivity contribution in [1.82, 2.24) is 10.6 Å². The third kappa shape index (κ3) is 4.96. The van der Waals surface area contributed by atoms with E-state index in [9.17, 15) is 4.79 Å². The molecule has 0 bridgehead atoms. The molecule has 3 nitrogen and oxygen atoms in total. The van der Waals surface area contributed by atoms with Gasteiger partial charge in [-0.3, -0.25) is 0 Å². The molecule has 0 saturated carbocycles. The summed E-state index contributed by atoms with van der Waals surface area (Å²) in [5, 5.41) is 6.02. The Bertz CT molecular complexity index is 647. The summed E-state index contributed by atoms with van der Waals surface area (Å²) in [5.74, 6) is 0. The Morgan fingerprint density at radius 3 is 1.84 bits per heavy atom. The molecular formula is C22H28N2O. The van der Waals surface area contributed by atoms with E-state index in [1.54, 1.807) is 0 Å². The molecule has 3 heteroatoms. The summed E-state index contributed by atoms with van der Waals surface area (Å²) in [6, 6.07) is 20.4. The van der Waals surface area contributed by atoms with E-state index >= 15 is 0 Å². The van der Waals surface area contributed by atoms with Gasteiger partial charge in [-0.25, -0.2) is 4.79 Å². The Balaban J connectivity index is 2.38. The van der Waals surface area contributed by atoms with Crippen molar-refractivity contribution in [3.63, 3.8) is 0 Å². The number of amides is 2. The van der Waals surface area contributed by atoms with Crippen LogP contribution in [0.5, 0.6) is 0 Å². The van der Waals surface area contributed by atoms with E-state index in [1.807, 2.05) is 63.2 Å². The van der Waals surface area contributed by atoms with Crippen molar-refractivity contribution >= 4 is 6.03 Å². The first kappa shape index (κ1) is 18.8. The zero-order valence-corrected chi connectivity index (χ0v) is 15.4. The van der Waals surface area contributed by atoms with Gasteiger partial charge in [-0.05, 0) is 38.3 Å². The molecule has 0 spiro atoms. The summed E-state index contributed by atoms with van der Waals surface area (Å²) in [5.41, 5.74) is 1.71. The molecule has 0 aromatic heterocycles. The van der Waals surface area contributed by atoms with Gasteiger partial charge in [-0.1, -0.05) is 66.7 Å². The first-order valence-corrected chi connectivity index (χ1v) is 8.65. The van der Waals surface area contributed by atoms with Gasteiger partial charge in [0.2, 0.25) is 0 Å². The molecule has 2 amide bonds. The Morgan fingerprint density at radius 2 is 1.44 bits per heavy atom. The monoisotopic (exact) mass is 336 g/mol. The van der Waals surface area contributed by atoms with E-state index in [-0.39, 0.29) is 17.0 Å². The van der Waals surface area contributed by atoms with Gasteiger partial charge in [0.05, 0.1) is 0 Å². The van der Waals surface area contributed by atoms with Crippen molar-refractivity contribution in [3.05, 3.63) is 84.4 Å². The van der Waals surface area contributed by atoms with Crippen molar-refractivity contribution < 1.29 is 4.79 Å². The van der Waals surface area contributed by atoms with E-state index < -0.39 is 0 Å². The summed E-state index contributed by atoms with van der Waals surface area (Å²) in [6.07, 6.45) is 2.65. The largest absolute Gasteiger partial charge is 0.337 e. The SMILES string of the molecule is C=CCC(CNC(=O)NC(C)(C)C)(c1ccccc1)c1ccccc1. The fourth-order valence-electron chi connectivity index (χ4n) is 3.06. The molecule has 0 unspecified atom stereocenters. The molecule has 0 aliphatic rings. The zero-order chi connectivity index (χ0) is 18.3. The second kappa shape index (κ2) is 8.02. The molecular weight excluding hydrogens is 308 g/mol. The number of nitrogens with one attached hydrogen (secondary N) is 2. The maximum Gasteiger partial charge on any atom is 0.315 e. The first-order chi connectivity index (χ1) is 11.9. The Kier molecular flexibility index (Phi) is 6.02. The predicted octanol–water partition coefficient (Wildman–Crippen LogP) is 4.65. The van der Waals surface area contributed by atoms with Crippen LogP contribution in [0, 0.1) is 0 Å². The van der Waals surface area contributed by atoms with Crippen molar-refractivity contribution in [1.29, 1.82) is 0 Å². The smallest absolute Gasteiger partial charge is 0.315 e. The van der Waals surface area contributed by atoms with Crippen LogP contribution in [-0.4, -0.2) is 18.1 Å². The number of urea groups is 1. The van der Waals surface area contributed by atoms with Crippen LogP contribution in [0.15, 0.2) is 73.3 Å². The summed E-state index contributed by atoms with van der Waals surface area (Å²) < 4.78 is 0. The maximum atomic E-state index is 12.3. The van der Waals surface area contributed by atoms with Crippen LogP contribution in [0.4, 0.5) is 4.79 Å². The molecule has 0 aliphatic heterocycles. The normalized spacial score (nSPS) is 11.6. The van der Waals surface area contributed by atoms with Crippen LogP contribution >= 0.6 is 0 Å². The minimum atomic E-state index is -0.348. The van der Waals surface area contributed by atoms with Crippen molar-refractivity contribution in [2.75, 3.05) is 6.54 Å². The molecule has 2 rings (SSSR count). The first-order valence-electron chi connectivity index (χ1n) is 8.65. The van der Waals surface area contributed by atoms with Crippen LogP contribution in [-0.2, 0) is 5.41 Å². The minimum Gasteiger partial charge on any atom is -0.337 e. The van der Waals surface area contributed by atoms with Crippen LogP contribution < -0.4 is 10.6 Å².